The molecule has 1 aromatic rings. The van der Waals surface area contributed by atoms with E-state index in [1.807, 2.05) is 0 Å². The second-order valence-corrected chi connectivity index (χ2v) is 5.83. The summed E-state index contributed by atoms with van der Waals surface area (Å²) in [6.07, 6.45) is 2.83. The third kappa shape index (κ3) is 3.79. The lowest BCUT2D eigenvalue weighted by Crippen LogP contribution is -2.26. The standard InChI is InChI=1S/C9H12ClN3O3S/c10-9-11-4-3-8(12-9)13-17(14,15)6-7-2-1-5-16-7/h3-4,7H,1-2,5-6H2,(H,11,12,13). The van der Waals surface area contributed by atoms with Crippen LogP contribution in [-0.2, 0) is 14.8 Å². The highest BCUT2D eigenvalue weighted by Gasteiger charge is 2.23. The van der Waals surface area contributed by atoms with Gasteiger partial charge in [0.15, 0.2) is 0 Å². The Kier molecular flexibility index (Phi) is 3.80. The molecular weight excluding hydrogens is 266 g/mol. The lowest BCUT2D eigenvalue weighted by Gasteiger charge is -2.11. The Morgan fingerprint density at radius 3 is 3.06 bits per heavy atom. The fourth-order valence-corrected chi connectivity index (χ4v) is 3.03. The summed E-state index contributed by atoms with van der Waals surface area (Å²) in [7, 11) is -3.46. The van der Waals surface area contributed by atoms with Crippen LogP contribution in [0.2, 0.25) is 5.28 Å². The molecular formula is C9H12ClN3O3S. The first-order chi connectivity index (χ1) is 8.05. The van der Waals surface area contributed by atoms with Crippen LogP contribution in [0.4, 0.5) is 5.82 Å². The summed E-state index contributed by atoms with van der Waals surface area (Å²) in [4.78, 5) is 7.42. The van der Waals surface area contributed by atoms with Crippen molar-refractivity contribution in [2.75, 3.05) is 17.1 Å². The molecule has 0 bridgehead atoms. The van der Waals surface area contributed by atoms with Crippen molar-refractivity contribution >= 4 is 27.4 Å². The third-order valence-corrected chi connectivity index (χ3v) is 3.83. The minimum Gasteiger partial charge on any atom is -0.377 e. The minimum atomic E-state index is -3.46. The van der Waals surface area contributed by atoms with E-state index in [2.05, 4.69) is 14.7 Å². The van der Waals surface area contributed by atoms with Crippen molar-refractivity contribution in [1.82, 2.24) is 9.97 Å². The Morgan fingerprint density at radius 2 is 2.41 bits per heavy atom. The molecule has 1 saturated heterocycles. The summed E-state index contributed by atoms with van der Waals surface area (Å²) in [5.41, 5.74) is 0. The number of aromatic nitrogens is 2. The Hall–Kier alpha value is -0.920. The van der Waals surface area contributed by atoms with Crippen LogP contribution >= 0.6 is 11.6 Å². The van der Waals surface area contributed by atoms with Gasteiger partial charge < -0.3 is 4.74 Å². The maximum atomic E-state index is 11.8. The lowest BCUT2D eigenvalue weighted by molar-refractivity contribution is 0.127. The Labute approximate surface area is 104 Å². The zero-order valence-electron chi connectivity index (χ0n) is 8.97. The summed E-state index contributed by atoms with van der Waals surface area (Å²) < 4.78 is 31.2. The maximum Gasteiger partial charge on any atom is 0.236 e. The van der Waals surface area contributed by atoms with Crippen LogP contribution < -0.4 is 4.72 Å². The van der Waals surface area contributed by atoms with Gasteiger partial charge in [-0.25, -0.2) is 13.4 Å². The first kappa shape index (κ1) is 12.5. The molecule has 1 aromatic heterocycles. The van der Waals surface area contributed by atoms with Crippen LogP contribution in [0.25, 0.3) is 0 Å². The van der Waals surface area contributed by atoms with Crippen molar-refractivity contribution in [2.24, 2.45) is 0 Å². The van der Waals surface area contributed by atoms with Crippen molar-refractivity contribution in [3.8, 4) is 0 Å². The minimum absolute atomic E-state index is 0.00214. The van der Waals surface area contributed by atoms with Gasteiger partial charge in [0, 0.05) is 12.8 Å². The predicted octanol–water partition coefficient (Wildman–Crippen LogP) is 1.05. The van der Waals surface area contributed by atoms with Gasteiger partial charge in [-0.1, -0.05) is 0 Å². The molecule has 94 valence electrons. The van der Waals surface area contributed by atoms with Crippen molar-refractivity contribution in [3.05, 3.63) is 17.5 Å². The SMILES string of the molecule is O=S(=O)(CC1CCCO1)Nc1ccnc(Cl)n1. The summed E-state index contributed by atoms with van der Waals surface area (Å²) >= 11 is 5.56. The van der Waals surface area contributed by atoms with E-state index in [9.17, 15) is 8.42 Å². The van der Waals surface area contributed by atoms with E-state index in [1.165, 1.54) is 12.3 Å². The van der Waals surface area contributed by atoms with Crippen molar-refractivity contribution < 1.29 is 13.2 Å². The molecule has 8 heteroatoms. The van der Waals surface area contributed by atoms with E-state index in [0.717, 1.165) is 12.8 Å². The number of hydrogen-bond acceptors (Lipinski definition) is 5. The summed E-state index contributed by atoms with van der Waals surface area (Å²) in [5.74, 6) is 0.109. The largest absolute Gasteiger partial charge is 0.377 e. The van der Waals surface area contributed by atoms with Gasteiger partial charge >= 0.3 is 0 Å². The van der Waals surface area contributed by atoms with E-state index < -0.39 is 10.0 Å². The Morgan fingerprint density at radius 1 is 1.59 bits per heavy atom. The molecule has 6 nitrogen and oxygen atoms in total. The maximum absolute atomic E-state index is 11.8. The van der Waals surface area contributed by atoms with Gasteiger partial charge in [0.05, 0.1) is 11.9 Å². The van der Waals surface area contributed by atoms with E-state index in [1.54, 1.807) is 0 Å². The molecule has 1 aliphatic heterocycles. The molecule has 1 unspecified atom stereocenters. The topological polar surface area (TPSA) is 81.2 Å². The number of nitrogens with one attached hydrogen (secondary N) is 1. The van der Waals surface area contributed by atoms with E-state index >= 15 is 0 Å². The highest BCUT2D eigenvalue weighted by molar-refractivity contribution is 7.92. The van der Waals surface area contributed by atoms with E-state index in [0.29, 0.717) is 6.61 Å². The monoisotopic (exact) mass is 277 g/mol. The number of rotatable bonds is 4. The first-order valence-corrected chi connectivity index (χ1v) is 7.19. The van der Waals surface area contributed by atoms with Crippen LogP contribution in [-0.4, -0.2) is 36.8 Å². The third-order valence-electron chi connectivity index (χ3n) is 2.32. The molecule has 0 saturated carbocycles. The highest BCUT2D eigenvalue weighted by Crippen LogP contribution is 2.15. The van der Waals surface area contributed by atoms with Gasteiger partial charge in [-0.2, -0.15) is 4.98 Å². The summed E-state index contributed by atoms with van der Waals surface area (Å²) in [6, 6.07) is 1.44. The van der Waals surface area contributed by atoms with Crippen LogP contribution in [0.3, 0.4) is 0 Å². The second kappa shape index (κ2) is 5.16. The number of sulfonamides is 1. The number of anilines is 1. The van der Waals surface area contributed by atoms with Crippen molar-refractivity contribution in [2.45, 2.75) is 18.9 Å². The van der Waals surface area contributed by atoms with E-state index in [4.69, 9.17) is 16.3 Å². The average Bonchev–Trinajstić information content (AvgIpc) is 2.68. The molecule has 1 atom stereocenters. The number of ether oxygens (including phenoxy) is 1. The number of nitrogens with zero attached hydrogens (tertiary/aromatic N) is 2. The molecule has 1 N–H and O–H groups in total. The first-order valence-electron chi connectivity index (χ1n) is 5.16. The Bertz CT molecular complexity index is 488. The van der Waals surface area contributed by atoms with Crippen LogP contribution in [0.5, 0.6) is 0 Å². The molecule has 2 heterocycles. The number of halogens is 1. The Balaban J connectivity index is 2.01. The van der Waals surface area contributed by atoms with E-state index in [-0.39, 0.29) is 23.0 Å². The fourth-order valence-electron chi connectivity index (χ4n) is 1.61. The molecule has 17 heavy (non-hydrogen) atoms. The molecule has 0 aromatic carbocycles. The van der Waals surface area contributed by atoms with Gasteiger partial charge in [-0.15, -0.1) is 0 Å². The second-order valence-electron chi connectivity index (χ2n) is 3.73. The lowest BCUT2D eigenvalue weighted by atomic mass is 10.3. The number of hydrogen-bond donors (Lipinski definition) is 1. The van der Waals surface area contributed by atoms with Gasteiger partial charge in [0.2, 0.25) is 15.3 Å². The quantitative estimate of drug-likeness (QED) is 0.832. The van der Waals surface area contributed by atoms with Gasteiger partial charge in [0.25, 0.3) is 0 Å². The molecule has 0 aliphatic carbocycles. The zero-order chi connectivity index (χ0) is 12.3. The predicted molar refractivity (Wildman–Crippen MR) is 63.4 cm³/mol. The highest BCUT2D eigenvalue weighted by atomic mass is 35.5. The van der Waals surface area contributed by atoms with Gasteiger partial charge in [0.1, 0.15) is 5.82 Å². The van der Waals surface area contributed by atoms with Gasteiger partial charge in [-0.3, -0.25) is 4.72 Å². The van der Waals surface area contributed by atoms with Crippen LogP contribution in [0.15, 0.2) is 12.3 Å². The smallest absolute Gasteiger partial charge is 0.236 e. The van der Waals surface area contributed by atoms with Crippen LogP contribution in [0, 0.1) is 0 Å². The van der Waals surface area contributed by atoms with Crippen molar-refractivity contribution in [3.63, 3.8) is 0 Å². The summed E-state index contributed by atoms with van der Waals surface area (Å²) in [5, 5.41) is 0.00214. The molecule has 1 aliphatic rings. The summed E-state index contributed by atoms with van der Waals surface area (Å²) in [6.45, 7) is 0.625. The zero-order valence-corrected chi connectivity index (χ0v) is 10.5. The van der Waals surface area contributed by atoms with Crippen LogP contribution in [0.1, 0.15) is 12.8 Å². The molecule has 2 rings (SSSR count). The van der Waals surface area contributed by atoms with Crippen molar-refractivity contribution in [1.29, 1.82) is 0 Å². The van der Waals surface area contributed by atoms with Gasteiger partial charge in [-0.05, 0) is 30.5 Å². The normalized spacial score (nSPS) is 20.4. The fraction of sp³-hybridized carbons (Fsp3) is 0.556. The molecule has 0 amide bonds. The molecule has 1 fully saturated rings. The average molecular weight is 278 g/mol. The molecule has 0 spiro atoms. The molecule has 0 radical (unpaired) electrons.